The Morgan fingerprint density at radius 3 is 2.71 bits per heavy atom. The van der Waals surface area contributed by atoms with E-state index >= 15 is 0 Å². The number of nitrogens with zero attached hydrogens (tertiary/aromatic N) is 4. The van der Waals surface area contributed by atoms with Crippen molar-refractivity contribution in [1.82, 2.24) is 34.7 Å². The number of aryl methyl sites for hydroxylation is 1. The second-order valence-corrected chi connectivity index (χ2v) is 4.66. The van der Waals surface area contributed by atoms with Crippen molar-refractivity contribution >= 4 is 0 Å². The zero-order valence-corrected chi connectivity index (χ0v) is 11.3. The van der Waals surface area contributed by atoms with Gasteiger partial charge in [0.1, 0.15) is 23.0 Å². The van der Waals surface area contributed by atoms with Crippen LogP contribution in [-0.2, 0) is 0 Å². The van der Waals surface area contributed by atoms with Crippen molar-refractivity contribution < 1.29 is 0 Å². The molecule has 0 amide bonds. The molecule has 0 unspecified atom stereocenters. The molecule has 0 bridgehead atoms. The monoisotopic (exact) mass is 279 g/mol. The molecule has 3 N–H and O–H groups in total. The molecular weight excluding hydrogens is 266 g/mol. The van der Waals surface area contributed by atoms with Gasteiger partial charge in [0.05, 0.1) is 5.69 Å². The zero-order valence-electron chi connectivity index (χ0n) is 11.3. The van der Waals surface area contributed by atoms with Crippen LogP contribution in [0.1, 0.15) is 5.82 Å². The van der Waals surface area contributed by atoms with E-state index in [0.717, 1.165) is 34.5 Å². The Labute approximate surface area is 120 Å². The van der Waals surface area contributed by atoms with E-state index in [1.165, 1.54) is 0 Å². The highest BCUT2D eigenvalue weighted by Gasteiger charge is 2.21. The Balaban J connectivity index is 2.04. The summed E-state index contributed by atoms with van der Waals surface area (Å²) in [5.74, 6) is 2.55. The van der Waals surface area contributed by atoms with Gasteiger partial charge in [-0.1, -0.05) is 0 Å². The van der Waals surface area contributed by atoms with Crippen molar-refractivity contribution in [2.45, 2.75) is 6.92 Å². The van der Waals surface area contributed by atoms with E-state index in [2.05, 4.69) is 30.1 Å². The second-order valence-electron chi connectivity index (χ2n) is 4.66. The maximum absolute atomic E-state index is 4.67. The molecule has 0 aliphatic heterocycles. The summed E-state index contributed by atoms with van der Waals surface area (Å²) in [5, 5.41) is 7.05. The molecule has 21 heavy (non-hydrogen) atoms. The van der Waals surface area contributed by atoms with Gasteiger partial charge in [0.2, 0.25) is 0 Å². The summed E-state index contributed by atoms with van der Waals surface area (Å²) in [7, 11) is 0. The molecule has 0 aliphatic carbocycles. The third-order valence-corrected chi connectivity index (χ3v) is 3.35. The highest BCUT2D eigenvalue weighted by molar-refractivity contribution is 5.75. The predicted octanol–water partition coefficient (Wildman–Crippen LogP) is 2.29. The molecule has 104 valence electrons. The molecule has 7 heteroatoms. The van der Waals surface area contributed by atoms with Gasteiger partial charge in [-0.15, -0.1) is 0 Å². The van der Waals surface area contributed by atoms with Crippen LogP contribution < -0.4 is 0 Å². The minimum absolute atomic E-state index is 0.730. The lowest BCUT2D eigenvalue weighted by atomic mass is 10.2. The van der Waals surface area contributed by atoms with Crippen molar-refractivity contribution in [2.75, 3.05) is 0 Å². The summed E-state index contributed by atoms with van der Waals surface area (Å²) in [6, 6.07) is 5.88. The van der Waals surface area contributed by atoms with Crippen LogP contribution >= 0.6 is 0 Å². The molecule has 0 saturated carbocycles. The lowest BCUT2D eigenvalue weighted by Crippen LogP contribution is -2.00. The van der Waals surface area contributed by atoms with Crippen LogP contribution in [0.25, 0.3) is 28.7 Å². The quantitative estimate of drug-likeness (QED) is 0.537. The summed E-state index contributed by atoms with van der Waals surface area (Å²) in [6.45, 7) is 1.97. The molecule has 4 aromatic heterocycles. The highest BCUT2D eigenvalue weighted by atomic mass is 15.2. The Hall–Kier alpha value is -3.09. The normalized spacial score (nSPS) is 11.1. The molecule has 4 rings (SSSR count). The fourth-order valence-corrected chi connectivity index (χ4v) is 2.48. The minimum Gasteiger partial charge on any atom is -0.348 e. The fourth-order valence-electron chi connectivity index (χ4n) is 2.48. The first kappa shape index (κ1) is 11.7. The van der Waals surface area contributed by atoms with Crippen molar-refractivity contribution in [3.05, 3.63) is 48.8 Å². The number of imidazole rings is 2. The molecular formula is C14H13N7. The Morgan fingerprint density at radius 1 is 1.10 bits per heavy atom. The summed E-state index contributed by atoms with van der Waals surface area (Å²) in [4.78, 5) is 15.3. The van der Waals surface area contributed by atoms with E-state index in [0.29, 0.717) is 0 Å². The number of H-pyrrole nitrogens is 3. The summed E-state index contributed by atoms with van der Waals surface area (Å²) in [5.41, 5.74) is 2.59. The molecule has 0 aromatic carbocycles. The van der Waals surface area contributed by atoms with Crippen LogP contribution in [0.5, 0.6) is 0 Å². The Bertz CT molecular complexity index is 836. The number of rotatable bonds is 3. The van der Waals surface area contributed by atoms with Crippen LogP contribution in [0.3, 0.4) is 0 Å². The van der Waals surface area contributed by atoms with Gasteiger partial charge in [-0.05, 0) is 25.1 Å². The second kappa shape index (κ2) is 4.48. The number of hydrogen-bond donors (Lipinski definition) is 3. The van der Waals surface area contributed by atoms with Crippen molar-refractivity contribution in [3.63, 3.8) is 0 Å². The number of aromatic nitrogens is 7. The Morgan fingerprint density at radius 2 is 2.05 bits per heavy atom. The highest BCUT2D eigenvalue weighted by Crippen LogP contribution is 2.31. The summed E-state index contributed by atoms with van der Waals surface area (Å²) in [6.07, 6.45) is 7.12. The summed E-state index contributed by atoms with van der Waals surface area (Å²) < 4.78 is 2.05. The van der Waals surface area contributed by atoms with Crippen LogP contribution in [0.15, 0.2) is 43.0 Å². The number of nitrogens with one attached hydrogen (secondary N) is 3. The number of hydrogen-bond acceptors (Lipinski definition) is 3. The van der Waals surface area contributed by atoms with E-state index in [9.17, 15) is 0 Å². The van der Waals surface area contributed by atoms with E-state index in [-0.39, 0.29) is 0 Å². The van der Waals surface area contributed by atoms with Gasteiger partial charge in [-0.25, -0.2) is 9.97 Å². The summed E-state index contributed by atoms with van der Waals surface area (Å²) >= 11 is 0. The van der Waals surface area contributed by atoms with Crippen molar-refractivity contribution in [2.24, 2.45) is 0 Å². The van der Waals surface area contributed by atoms with Gasteiger partial charge in [0, 0.05) is 24.8 Å². The first-order chi connectivity index (χ1) is 10.3. The third kappa shape index (κ3) is 1.78. The lowest BCUT2D eigenvalue weighted by Gasteiger charge is -2.07. The maximum atomic E-state index is 4.67. The van der Waals surface area contributed by atoms with Gasteiger partial charge in [0.25, 0.3) is 0 Å². The van der Waals surface area contributed by atoms with Gasteiger partial charge < -0.3 is 9.97 Å². The molecule has 0 saturated heterocycles. The fraction of sp³-hybridized carbons (Fsp3) is 0.0714. The van der Waals surface area contributed by atoms with Crippen molar-refractivity contribution in [3.8, 4) is 28.7 Å². The van der Waals surface area contributed by atoms with E-state index < -0.39 is 0 Å². The molecule has 4 aromatic rings. The topological polar surface area (TPSA) is 91.0 Å². The van der Waals surface area contributed by atoms with Gasteiger partial charge in [0.15, 0.2) is 5.82 Å². The van der Waals surface area contributed by atoms with Crippen LogP contribution in [-0.4, -0.2) is 34.7 Å². The largest absolute Gasteiger partial charge is 0.348 e. The first-order valence-corrected chi connectivity index (χ1v) is 6.57. The third-order valence-electron chi connectivity index (χ3n) is 3.35. The van der Waals surface area contributed by atoms with Gasteiger partial charge in [-0.3, -0.25) is 9.67 Å². The average molecular weight is 279 g/mol. The molecule has 0 spiro atoms. The molecule has 0 aliphatic rings. The molecule has 4 heterocycles. The van der Waals surface area contributed by atoms with E-state index in [4.69, 9.17) is 0 Å². The van der Waals surface area contributed by atoms with E-state index in [1.807, 2.05) is 35.9 Å². The van der Waals surface area contributed by atoms with E-state index in [1.54, 1.807) is 18.6 Å². The first-order valence-electron chi connectivity index (χ1n) is 6.57. The van der Waals surface area contributed by atoms with Crippen LogP contribution in [0, 0.1) is 6.92 Å². The lowest BCUT2D eigenvalue weighted by molar-refractivity contribution is 0.942. The zero-order chi connectivity index (χ0) is 14.2. The minimum atomic E-state index is 0.730. The predicted molar refractivity (Wildman–Crippen MR) is 77.8 cm³/mol. The van der Waals surface area contributed by atoms with Gasteiger partial charge in [-0.2, -0.15) is 5.10 Å². The maximum Gasteiger partial charge on any atom is 0.158 e. The van der Waals surface area contributed by atoms with Crippen molar-refractivity contribution in [1.29, 1.82) is 0 Å². The molecule has 0 atom stereocenters. The van der Waals surface area contributed by atoms with Gasteiger partial charge >= 0.3 is 0 Å². The molecule has 0 radical (unpaired) electrons. The molecule has 0 fully saturated rings. The standard InChI is InChI=1S/C14H13N7/c1-9-19-12(14-16-7-8-17-14)13(10-4-6-18-20-10)21(9)11-3-2-5-15-11/h2-8,15H,1H3,(H,16,17)(H,18,20). The Kier molecular flexibility index (Phi) is 2.50. The SMILES string of the molecule is Cc1nc(-c2ncc[nH]2)c(-c2ccn[nH]2)n1-c1ccc[nH]1. The number of aromatic amines is 3. The molecule has 7 nitrogen and oxygen atoms in total. The average Bonchev–Trinajstić information content (AvgIpc) is 3.26. The van der Waals surface area contributed by atoms with Crippen LogP contribution in [0.4, 0.5) is 0 Å². The smallest absolute Gasteiger partial charge is 0.158 e. The van der Waals surface area contributed by atoms with Crippen LogP contribution in [0.2, 0.25) is 0 Å².